The molecule has 0 aliphatic heterocycles. The number of aromatic nitrogens is 2. The van der Waals surface area contributed by atoms with Crippen LogP contribution in [0.4, 0.5) is 21.6 Å². The van der Waals surface area contributed by atoms with Gasteiger partial charge in [-0.2, -0.15) is 0 Å². The van der Waals surface area contributed by atoms with Gasteiger partial charge >= 0.3 is 5.69 Å². The molecule has 168 valence electrons. The van der Waals surface area contributed by atoms with Gasteiger partial charge in [0.05, 0.1) is 13.1 Å². The Kier molecular flexibility index (Phi) is 7.43. The van der Waals surface area contributed by atoms with Crippen LogP contribution < -0.4 is 27.2 Å². The zero-order valence-corrected chi connectivity index (χ0v) is 17.8. The average Bonchev–Trinajstić information content (AvgIpc) is 2.79. The van der Waals surface area contributed by atoms with E-state index in [1.54, 1.807) is 0 Å². The van der Waals surface area contributed by atoms with Crippen molar-refractivity contribution in [3.63, 3.8) is 0 Å². The van der Waals surface area contributed by atoms with Crippen molar-refractivity contribution in [2.75, 3.05) is 29.0 Å². The summed E-state index contributed by atoms with van der Waals surface area (Å²) in [5.74, 6) is -0.856. The van der Waals surface area contributed by atoms with E-state index < -0.39 is 17.2 Å². The molecule has 1 aromatic heterocycles. The van der Waals surface area contributed by atoms with Gasteiger partial charge in [0.1, 0.15) is 11.6 Å². The van der Waals surface area contributed by atoms with Crippen LogP contribution >= 0.6 is 0 Å². The van der Waals surface area contributed by atoms with Crippen molar-refractivity contribution < 1.29 is 9.18 Å². The van der Waals surface area contributed by atoms with E-state index in [0.29, 0.717) is 12.1 Å². The first-order chi connectivity index (χ1) is 15.4. The maximum absolute atomic E-state index is 13.1. The summed E-state index contributed by atoms with van der Waals surface area (Å²) >= 11 is 0. The minimum atomic E-state index is -0.719. The molecule has 8 nitrogen and oxygen atoms in total. The minimum absolute atomic E-state index is 0.0557. The highest BCUT2D eigenvalue weighted by atomic mass is 19.1. The molecule has 3 aromatic rings. The Bertz CT molecular complexity index is 1170. The molecular formula is C23H26FN5O3. The quantitative estimate of drug-likeness (QED) is 0.474. The van der Waals surface area contributed by atoms with Crippen molar-refractivity contribution in [3.8, 4) is 0 Å². The van der Waals surface area contributed by atoms with Gasteiger partial charge in [-0.05, 0) is 36.2 Å². The number of rotatable bonds is 9. The van der Waals surface area contributed by atoms with E-state index >= 15 is 0 Å². The molecule has 0 unspecified atom stereocenters. The van der Waals surface area contributed by atoms with Gasteiger partial charge in [-0.1, -0.05) is 43.7 Å². The highest BCUT2D eigenvalue weighted by Gasteiger charge is 2.24. The molecule has 9 heteroatoms. The standard InChI is InChI=1S/C23H26FN5O3/c1-2-3-13-28(19(30)14-26-18-11-9-17(24)10-12-18)20-21(25)29(23(32)27-22(20)31)15-16-7-5-4-6-8-16/h4-12,26H,2-3,13-15,25H2,1H3,(H,27,31,32). The van der Waals surface area contributed by atoms with Crippen LogP contribution in [0.5, 0.6) is 0 Å². The number of carbonyl (C=O) groups is 1. The molecule has 0 saturated heterocycles. The molecule has 0 radical (unpaired) electrons. The molecule has 0 saturated carbocycles. The summed E-state index contributed by atoms with van der Waals surface area (Å²) < 4.78 is 14.3. The maximum atomic E-state index is 13.1. The number of H-pyrrole nitrogens is 1. The first kappa shape index (κ1) is 22.8. The van der Waals surface area contributed by atoms with E-state index in [1.165, 1.54) is 33.7 Å². The highest BCUT2D eigenvalue weighted by molar-refractivity contribution is 5.98. The number of halogens is 1. The monoisotopic (exact) mass is 439 g/mol. The number of hydrogen-bond donors (Lipinski definition) is 3. The molecule has 1 amide bonds. The second kappa shape index (κ2) is 10.4. The number of aromatic amines is 1. The first-order valence-electron chi connectivity index (χ1n) is 10.4. The van der Waals surface area contributed by atoms with Crippen LogP contribution in [0.3, 0.4) is 0 Å². The summed E-state index contributed by atoms with van der Waals surface area (Å²) in [6.07, 6.45) is 1.43. The number of amides is 1. The van der Waals surface area contributed by atoms with Crippen LogP contribution in [0.1, 0.15) is 25.3 Å². The highest BCUT2D eigenvalue weighted by Crippen LogP contribution is 2.19. The lowest BCUT2D eigenvalue weighted by Crippen LogP contribution is -2.43. The number of nitrogens with one attached hydrogen (secondary N) is 2. The Morgan fingerprint density at radius 1 is 1.12 bits per heavy atom. The number of nitrogens with two attached hydrogens (primary N) is 1. The molecule has 0 spiro atoms. The number of nitrogen functional groups attached to an aromatic ring is 1. The van der Waals surface area contributed by atoms with Crippen LogP contribution in [0.25, 0.3) is 0 Å². The zero-order valence-electron chi connectivity index (χ0n) is 17.8. The number of anilines is 3. The van der Waals surface area contributed by atoms with Gasteiger partial charge in [0, 0.05) is 12.2 Å². The first-order valence-corrected chi connectivity index (χ1v) is 10.4. The van der Waals surface area contributed by atoms with E-state index in [0.717, 1.165) is 12.0 Å². The van der Waals surface area contributed by atoms with Gasteiger partial charge in [0.25, 0.3) is 5.56 Å². The minimum Gasteiger partial charge on any atom is -0.383 e. The third-order valence-electron chi connectivity index (χ3n) is 4.99. The van der Waals surface area contributed by atoms with E-state index in [-0.39, 0.29) is 37.0 Å². The molecular weight excluding hydrogens is 413 g/mol. The van der Waals surface area contributed by atoms with Gasteiger partial charge in [-0.15, -0.1) is 0 Å². The largest absolute Gasteiger partial charge is 0.383 e. The molecule has 0 bridgehead atoms. The molecule has 0 fully saturated rings. The molecule has 32 heavy (non-hydrogen) atoms. The SMILES string of the molecule is CCCCN(C(=O)CNc1ccc(F)cc1)c1c(N)n(Cc2ccccc2)c(=O)[nH]c1=O. The zero-order chi connectivity index (χ0) is 23.1. The van der Waals surface area contributed by atoms with Gasteiger partial charge in [0.2, 0.25) is 5.91 Å². The van der Waals surface area contributed by atoms with Crippen molar-refractivity contribution >= 4 is 23.1 Å². The van der Waals surface area contributed by atoms with Gasteiger partial charge in [0.15, 0.2) is 5.69 Å². The molecule has 0 aliphatic rings. The predicted octanol–water partition coefficient (Wildman–Crippen LogP) is 2.55. The van der Waals surface area contributed by atoms with Crippen molar-refractivity contribution in [2.45, 2.75) is 26.3 Å². The predicted molar refractivity (Wildman–Crippen MR) is 123 cm³/mol. The molecule has 0 atom stereocenters. The van der Waals surface area contributed by atoms with Crippen LogP contribution in [-0.2, 0) is 11.3 Å². The summed E-state index contributed by atoms with van der Waals surface area (Å²) in [6, 6.07) is 14.8. The number of nitrogens with zero attached hydrogens (tertiary/aromatic N) is 2. The van der Waals surface area contributed by atoms with E-state index in [1.807, 2.05) is 37.3 Å². The summed E-state index contributed by atoms with van der Waals surface area (Å²) in [4.78, 5) is 41.7. The molecule has 4 N–H and O–H groups in total. The Balaban J connectivity index is 1.92. The average molecular weight is 439 g/mol. The second-order valence-corrected chi connectivity index (χ2v) is 7.32. The van der Waals surface area contributed by atoms with E-state index in [4.69, 9.17) is 5.73 Å². The van der Waals surface area contributed by atoms with Crippen molar-refractivity contribution in [3.05, 3.63) is 86.8 Å². The Labute approximate surface area is 184 Å². The van der Waals surface area contributed by atoms with Crippen molar-refractivity contribution in [2.24, 2.45) is 0 Å². The van der Waals surface area contributed by atoms with Crippen LogP contribution in [-0.4, -0.2) is 28.5 Å². The van der Waals surface area contributed by atoms with Crippen molar-refractivity contribution in [1.82, 2.24) is 9.55 Å². The second-order valence-electron chi connectivity index (χ2n) is 7.32. The number of unbranched alkanes of at least 4 members (excludes halogenated alkanes) is 1. The lowest BCUT2D eigenvalue weighted by atomic mass is 10.2. The summed E-state index contributed by atoms with van der Waals surface area (Å²) in [6.45, 7) is 2.24. The fourth-order valence-corrected chi connectivity index (χ4v) is 3.28. The summed E-state index contributed by atoms with van der Waals surface area (Å²) in [5, 5.41) is 2.92. The fraction of sp³-hybridized carbons (Fsp3) is 0.261. The molecule has 0 aliphatic carbocycles. The summed E-state index contributed by atoms with van der Waals surface area (Å²) in [5.41, 5.74) is 6.22. The van der Waals surface area contributed by atoms with Crippen LogP contribution in [0, 0.1) is 5.82 Å². The van der Waals surface area contributed by atoms with Gasteiger partial charge < -0.3 is 16.0 Å². The van der Waals surface area contributed by atoms with Crippen molar-refractivity contribution in [1.29, 1.82) is 0 Å². The lowest BCUT2D eigenvalue weighted by molar-refractivity contribution is -0.117. The van der Waals surface area contributed by atoms with Gasteiger partial charge in [-0.3, -0.25) is 19.1 Å². The fourth-order valence-electron chi connectivity index (χ4n) is 3.28. The smallest absolute Gasteiger partial charge is 0.330 e. The lowest BCUT2D eigenvalue weighted by Gasteiger charge is -2.25. The van der Waals surface area contributed by atoms with Crippen LogP contribution in [0.2, 0.25) is 0 Å². The molecule has 3 rings (SSSR count). The molecule has 1 heterocycles. The third kappa shape index (κ3) is 5.42. The number of carbonyl (C=O) groups excluding carboxylic acids is 1. The third-order valence-corrected chi connectivity index (χ3v) is 4.99. The number of benzene rings is 2. The summed E-state index contributed by atoms with van der Waals surface area (Å²) in [7, 11) is 0. The van der Waals surface area contributed by atoms with E-state index in [9.17, 15) is 18.8 Å². The van der Waals surface area contributed by atoms with E-state index in [2.05, 4.69) is 10.3 Å². The van der Waals surface area contributed by atoms with Crippen LogP contribution in [0.15, 0.2) is 64.2 Å². The Morgan fingerprint density at radius 3 is 2.47 bits per heavy atom. The Hall–Kier alpha value is -3.88. The molecule has 2 aromatic carbocycles. The topological polar surface area (TPSA) is 113 Å². The number of hydrogen-bond acceptors (Lipinski definition) is 5. The maximum Gasteiger partial charge on any atom is 0.330 e. The van der Waals surface area contributed by atoms with Gasteiger partial charge in [-0.25, -0.2) is 9.18 Å². The Morgan fingerprint density at radius 2 is 1.81 bits per heavy atom. The normalized spacial score (nSPS) is 10.7.